The Morgan fingerprint density at radius 3 is 1.94 bits per heavy atom. The zero-order valence-corrected chi connectivity index (χ0v) is 20.5. The molecule has 0 amide bonds. The van der Waals surface area contributed by atoms with Gasteiger partial charge in [0, 0.05) is 0 Å². The van der Waals surface area contributed by atoms with Crippen LogP contribution in [0.25, 0.3) is 11.1 Å². The lowest BCUT2D eigenvalue weighted by Gasteiger charge is -2.32. The molecule has 0 saturated heterocycles. The van der Waals surface area contributed by atoms with Gasteiger partial charge >= 0.3 is 0 Å². The summed E-state index contributed by atoms with van der Waals surface area (Å²) < 4.78 is 0. The van der Waals surface area contributed by atoms with E-state index in [1.165, 1.54) is 44.5 Å². The van der Waals surface area contributed by atoms with Crippen molar-refractivity contribution in [2.75, 3.05) is 0 Å². The van der Waals surface area contributed by atoms with Crippen LogP contribution in [0.2, 0.25) is 0 Å². The number of hydrogen-bond acceptors (Lipinski definition) is 0. The van der Waals surface area contributed by atoms with E-state index in [4.69, 9.17) is 0 Å². The molecular formula is C32H36. The van der Waals surface area contributed by atoms with Crippen molar-refractivity contribution in [3.63, 3.8) is 0 Å². The summed E-state index contributed by atoms with van der Waals surface area (Å²) in [6, 6.07) is 17.7. The van der Waals surface area contributed by atoms with Crippen LogP contribution in [-0.2, 0) is 5.41 Å². The maximum atomic E-state index is 4.57. The van der Waals surface area contributed by atoms with Gasteiger partial charge in [0.15, 0.2) is 0 Å². The molecule has 0 atom stereocenters. The monoisotopic (exact) mass is 420 g/mol. The van der Waals surface area contributed by atoms with Gasteiger partial charge in [-0.1, -0.05) is 120 Å². The van der Waals surface area contributed by atoms with Gasteiger partial charge in [0.25, 0.3) is 0 Å². The molecule has 164 valence electrons. The Hall–Kier alpha value is -3.12. The molecule has 0 heteroatoms. The van der Waals surface area contributed by atoms with Gasteiger partial charge in [-0.2, -0.15) is 0 Å². The average molecular weight is 421 g/mol. The highest BCUT2D eigenvalue weighted by Crippen LogP contribution is 2.63. The van der Waals surface area contributed by atoms with E-state index in [0.29, 0.717) is 5.92 Å². The van der Waals surface area contributed by atoms with Crippen molar-refractivity contribution in [1.82, 2.24) is 0 Å². The molecule has 0 N–H and O–H groups in total. The molecule has 0 aliphatic heterocycles. The van der Waals surface area contributed by atoms with Crippen molar-refractivity contribution in [3.05, 3.63) is 131 Å². The summed E-state index contributed by atoms with van der Waals surface area (Å²) in [6.45, 7) is 21.3. The van der Waals surface area contributed by atoms with Crippen LogP contribution in [-0.4, -0.2) is 0 Å². The standard InChI is InChI=1S/C30H30.C2H6/c1-7-9-16-26-21(5)22(6)29(19-23(8-2)20(3)4)30(26)27-17-12-10-14-24(27)25-15-11-13-18-28(25)30;1-2/h7-20H,1,6H2,2-5H3;1-2H3/b16-9-,23-8+,29-19+;. The van der Waals surface area contributed by atoms with E-state index in [1.807, 2.05) is 19.9 Å². The molecule has 2 aliphatic rings. The summed E-state index contributed by atoms with van der Waals surface area (Å²) in [5.74, 6) is 0.451. The molecule has 32 heavy (non-hydrogen) atoms. The van der Waals surface area contributed by atoms with Crippen molar-refractivity contribution < 1.29 is 0 Å². The molecule has 0 unspecified atom stereocenters. The van der Waals surface area contributed by atoms with Gasteiger partial charge in [0.1, 0.15) is 0 Å². The minimum Gasteiger partial charge on any atom is -0.0991 e. The fraction of sp³-hybridized carbons (Fsp3) is 0.250. The third-order valence-electron chi connectivity index (χ3n) is 6.65. The highest BCUT2D eigenvalue weighted by Gasteiger charge is 2.52. The average Bonchev–Trinajstić information content (AvgIpc) is 3.22. The van der Waals surface area contributed by atoms with Crippen LogP contribution in [0.1, 0.15) is 52.7 Å². The molecule has 0 bridgehead atoms. The molecule has 0 nitrogen and oxygen atoms in total. The Morgan fingerprint density at radius 2 is 1.47 bits per heavy atom. The highest BCUT2D eigenvalue weighted by atomic mass is 14.5. The van der Waals surface area contributed by atoms with E-state index in [-0.39, 0.29) is 5.41 Å². The lowest BCUT2D eigenvalue weighted by atomic mass is 9.68. The quantitative estimate of drug-likeness (QED) is 0.433. The van der Waals surface area contributed by atoms with E-state index < -0.39 is 0 Å². The van der Waals surface area contributed by atoms with Crippen LogP contribution in [0.3, 0.4) is 0 Å². The van der Waals surface area contributed by atoms with Crippen LogP contribution in [0, 0.1) is 5.92 Å². The topological polar surface area (TPSA) is 0 Å². The normalized spacial score (nSPS) is 17.8. The zero-order chi connectivity index (χ0) is 23.5. The maximum Gasteiger partial charge on any atom is 0.0722 e. The van der Waals surface area contributed by atoms with Crippen LogP contribution in [0.4, 0.5) is 0 Å². The molecule has 2 aromatic rings. The van der Waals surface area contributed by atoms with E-state index >= 15 is 0 Å². The molecule has 2 aromatic carbocycles. The Bertz CT molecular complexity index is 1110. The molecule has 0 fully saturated rings. The predicted octanol–water partition coefficient (Wildman–Crippen LogP) is 9.14. The number of hydrogen-bond donors (Lipinski definition) is 0. The Labute approximate surface area is 195 Å². The minimum absolute atomic E-state index is 0.336. The fourth-order valence-corrected chi connectivity index (χ4v) is 5.19. The second-order valence-corrected chi connectivity index (χ2v) is 8.45. The number of benzene rings is 2. The second-order valence-electron chi connectivity index (χ2n) is 8.45. The summed E-state index contributed by atoms with van der Waals surface area (Å²) in [7, 11) is 0. The number of fused-ring (bicyclic) bond motifs is 5. The van der Waals surface area contributed by atoms with Crippen molar-refractivity contribution >= 4 is 0 Å². The van der Waals surface area contributed by atoms with E-state index in [2.05, 4.69) is 114 Å². The van der Waals surface area contributed by atoms with Crippen molar-refractivity contribution in [3.8, 4) is 11.1 Å². The zero-order valence-electron chi connectivity index (χ0n) is 20.5. The summed E-state index contributed by atoms with van der Waals surface area (Å²) in [5, 5.41) is 0. The van der Waals surface area contributed by atoms with Crippen molar-refractivity contribution in [2.24, 2.45) is 5.92 Å². The van der Waals surface area contributed by atoms with Gasteiger partial charge in [-0.05, 0) is 69.9 Å². The van der Waals surface area contributed by atoms with Gasteiger partial charge in [-0.25, -0.2) is 0 Å². The van der Waals surface area contributed by atoms with Crippen molar-refractivity contribution in [2.45, 2.75) is 47.0 Å². The minimum atomic E-state index is -0.336. The van der Waals surface area contributed by atoms with Gasteiger partial charge in [-0.15, -0.1) is 0 Å². The van der Waals surface area contributed by atoms with Gasteiger partial charge < -0.3 is 0 Å². The van der Waals surface area contributed by atoms with Crippen molar-refractivity contribution in [1.29, 1.82) is 0 Å². The Morgan fingerprint density at radius 1 is 0.938 bits per heavy atom. The maximum absolute atomic E-state index is 4.57. The van der Waals surface area contributed by atoms with Crippen LogP contribution >= 0.6 is 0 Å². The van der Waals surface area contributed by atoms with E-state index in [9.17, 15) is 0 Å². The van der Waals surface area contributed by atoms with Gasteiger partial charge in [-0.3, -0.25) is 0 Å². The molecule has 0 radical (unpaired) electrons. The SMILES string of the molecule is C=C/C=C\C1=C(C)C(=C)/C(=C\C(=C/C)C(C)C)C12c1ccccc1-c1ccccc12.CC. The first kappa shape index (κ1) is 23.5. The number of rotatable bonds is 4. The largest absolute Gasteiger partial charge is 0.0991 e. The van der Waals surface area contributed by atoms with Gasteiger partial charge in [0.2, 0.25) is 0 Å². The Kier molecular flexibility index (Phi) is 7.04. The molecule has 2 aliphatic carbocycles. The summed E-state index contributed by atoms with van der Waals surface area (Å²) in [6.07, 6.45) is 10.8. The molecule has 4 rings (SSSR count). The fourth-order valence-electron chi connectivity index (χ4n) is 5.19. The lowest BCUT2D eigenvalue weighted by molar-refractivity contribution is 0.759. The third-order valence-corrected chi connectivity index (χ3v) is 6.65. The Balaban J connectivity index is 0.00000141. The molecule has 0 heterocycles. The second kappa shape index (κ2) is 9.57. The highest BCUT2D eigenvalue weighted by molar-refractivity contribution is 5.90. The first-order valence-corrected chi connectivity index (χ1v) is 11.8. The van der Waals surface area contributed by atoms with E-state index in [1.54, 1.807) is 0 Å². The van der Waals surface area contributed by atoms with Crippen LogP contribution in [0.5, 0.6) is 0 Å². The lowest BCUT2D eigenvalue weighted by Crippen LogP contribution is -2.27. The first-order chi connectivity index (χ1) is 15.5. The van der Waals surface area contributed by atoms with Crippen LogP contribution < -0.4 is 0 Å². The van der Waals surface area contributed by atoms with E-state index in [0.717, 1.165) is 5.57 Å². The van der Waals surface area contributed by atoms with Gasteiger partial charge in [0.05, 0.1) is 5.41 Å². The number of allylic oxidation sites excluding steroid dienone is 10. The predicted molar refractivity (Wildman–Crippen MR) is 142 cm³/mol. The summed E-state index contributed by atoms with van der Waals surface area (Å²) >= 11 is 0. The third kappa shape index (κ3) is 3.39. The molecule has 0 aromatic heterocycles. The molecular weight excluding hydrogens is 384 g/mol. The molecule has 0 saturated carbocycles. The smallest absolute Gasteiger partial charge is 0.0722 e. The summed E-state index contributed by atoms with van der Waals surface area (Å²) in [5.41, 5.74) is 11.3. The molecule has 1 spiro atoms. The summed E-state index contributed by atoms with van der Waals surface area (Å²) in [4.78, 5) is 0. The first-order valence-electron chi connectivity index (χ1n) is 11.8. The van der Waals surface area contributed by atoms with Crippen LogP contribution in [0.15, 0.2) is 120 Å².